The first-order chi connectivity index (χ1) is 16.4. The molecule has 0 spiro atoms. The van der Waals surface area contributed by atoms with Gasteiger partial charge in [-0.25, -0.2) is 26.8 Å². The second kappa shape index (κ2) is 9.07. The zero-order chi connectivity index (χ0) is 23.7. The number of piperidine rings is 1. The van der Waals surface area contributed by atoms with E-state index >= 15 is 0 Å². The Balaban J connectivity index is 1.41. The number of benzene rings is 2. The van der Waals surface area contributed by atoms with Crippen LogP contribution < -0.4 is 5.56 Å². The second-order valence-corrected chi connectivity index (χ2v) is 10.4. The average molecular weight is 483 g/mol. The zero-order valence-corrected chi connectivity index (χ0v) is 19.1. The molecule has 1 aliphatic heterocycles. The van der Waals surface area contributed by atoms with Gasteiger partial charge in [-0.2, -0.15) is 0 Å². The number of hydrogen-bond donors (Lipinski definition) is 1. The van der Waals surface area contributed by atoms with Crippen LogP contribution in [0.25, 0.3) is 11.2 Å². The molecule has 0 saturated carbocycles. The van der Waals surface area contributed by atoms with Crippen LogP contribution in [0.15, 0.2) is 59.4 Å². The molecule has 9 nitrogen and oxygen atoms in total. The van der Waals surface area contributed by atoms with Gasteiger partial charge in [0.05, 0.1) is 12.3 Å². The lowest BCUT2D eigenvalue weighted by molar-refractivity contribution is 0.309. The predicted octanol–water partition coefficient (Wildman–Crippen LogP) is 2.41. The van der Waals surface area contributed by atoms with Crippen molar-refractivity contribution in [1.29, 1.82) is 0 Å². The Morgan fingerprint density at radius 1 is 1.06 bits per heavy atom. The summed E-state index contributed by atoms with van der Waals surface area (Å²) in [5.41, 5.74) is 1.51. The van der Waals surface area contributed by atoms with Crippen molar-refractivity contribution in [3.63, 3.8) is 0 Å². The van der Waals surface area contributed by atoms with Crippen molar-refractivity contribution in [1.82, 2.24) is 29.3 Å². The highest BCUT2D eigenvalue weighted by Gasteiger charge is 2.31. The second-order valence-electron chi connectivity index (χ2n) is 8.44. The number of H-pyrrole nitrogens is 1. The number of nitrogens with one attached hydrogen (secondary N) is 1. The molecule has 0 aliphatic carbocycles. The molecule has 2 aromatic carbocycles. The minimum absolute atomic E-state index is 0.0715. The fourth-order valence-corrected chi connectivity index (χ4v) is 5.85. The van der Waals surface area contributed by atoms with Gasteiger partial charge in [0.1, 0.15) is 11.6 Å². The molecule has 0 amide bonds. The summed E-state index contributed by atoms with van der Waals surface area (Å²) in [6, 6.07) is 15.0. The highest BCUT2D eigenvalue weighted by Crippen LogP contribution is 2.27. The maximum Gasteiger partial charge on any atom is 0.281 e. The monoisotopic (exact) mass is 482 g/mol. The molecule has 1 saturated heterocycles. The van der Waals surface area contributed by atoms with Crippen molar-refractivity contribution in [2.75, 3.05) is 13.1 Å². The summed E-state index contributed by atoms with van der Waals surface area (Å²) in [6.45, 7) is 0.945. The summed E-state index contributed by atoms with van der Waals surface area (Å²) >= 11 is 0. The van der Waals surface area contributed by atoms with Crippen LogP contribution in [0, 0.1) is 5.82 Å². The van der Waals surface area contributed by atoms with Crippen LogP contribution in [-0.4, -0.2) is 50.8 Å². The summed E-state index contributed by atoms with van der Waals surface area (Å²) in [6.07, 6.45) is 1.36. The van der Waals surface area contributed by atoms with Gasteiger partial charge in [-0.3, -0.25) is 4.79 Å². The first-order valence-electron chi connectivity index (χ1n) is 11.0. The highest BCUT2D eigenvalue weighted by molar-refractivity contribution is 7.88. The van der Waals surface area contributed by atoms with Crippen molar-refractivity contribution < 1.29 is 12.8 Å². The topological polar surface area (TPSA) is 114 Å². The van der Waals surface area contributed by atoms with Gasteiger partial charge in [-0.05, 0) is 36.1 Å². The van der Waals surface area contributed by atoms with E-state index in [4.69, 9.17) is 0 Å². The third-order valence-electron chi connectivity index (χ3n) is 5.99. The predicted molar refractivity (Wildman–Crippen MR) is 124 cm³/mol. The van der Waals surface area contributed by atoms with Crippen LogP contribution in [0.2, 0.25) is 0 Å². The Morgan fingerprint density at radius 2 is 1.82 bits per heavy atom. The number of fused-ring (bicyclic) bond motifs is 1. The molecule has 2 aromatic heterocycles. The smallest absolute Gasteiger partial charge is 0.281 e. The van der Waals surface area contributed by atoms with Gasteiger partial charge in [0.15, 0.2) is 11.2 Å². The Labute approximate surface area is 195 Å². The number of nitrogens with zero attached hydrogens (tertiary/aromatic N) is 5. The lowest BCUT2D eigenvalue weighted by Crippen LogP contribution is -2.40. The molecule has 1 aliphatic rings. The summed E-state index contributed by atoms with van der Waals surface area (Å²) in [5.74, 6) is -0.254. The molecule has 1 atom stereocenters. The van der Waals surface area contributed by atoms with Crippen LogP contribution >= 0.6 is 0 Å². The normalized spacial score (nSPS) is 17.3. The van der Waals surface area contributed by atoms with Crippen molar-refractivity contribution in [2.24, 2.45) is 0 Å². The maximum atomic E-state index is 13.2. The van der Waals surface area contributed by atoms with Crippen LogP contribution in [-0.2, 0) is 22.3 Å². The van der Waals surface area contributed by atoms with Gasteiger partial charge < -0.3 is 4.98 Å². The Hall–Kier alpha value is -3.44. The van der Waals surface area contributed by atoms with E-state index in [9.17, 15) is 17.6 Å². The van der Waals surface area contributed by atoms with E-state index < -0.39 is 15.6 Å². The summed E-state index contributed by atoms with van der Waals surface area (Å²) in [5, 5.41) is 7.99. The summed E-state index contributed by atoms with van der Waals surface area (Å²) < 4.78 is 42.3. The molecule has 0 radical (unpaired) electrons. The average Bonchev–Trinajstić information content (AvgIpc) is 3.24. The van der Waals surface area contributed by atoms with Crippen LogP contribution in [0.5, 0.6) is 0 Å². The molecule has 5 rings (SSSR count). The summed E-state index contributed by atoms with van der Waals surface area (Å²) in [4.78, 5) is 20.1. The molecule has 4 aromatic rings. The number of halogens is 1. The largest absolute Gasteiger partial charge is 0.308 e. The van der Waals surface area contributed by atoms with Crippen molar-refractivity contribution in [2.45, 2.75) is 31.1 Å². The molecule has 1 unspecified atom stereocenters. The fourth-order valence-electron chi connectivity index (χ4n) is 4.24. The Morgan fingerprint density at radius 3 is 2.59 bits per heavy atom. The third-order valence-corrected chi connectivity index (χ3v) is 7.81. The van der Waals surface area contributed by atoms with Crippen LogP contribution in [0.3, 0.4) is 0 Å². The van der Waals surface area contributed by atoms with E-state index in [1.165, 1.54) is 21.1 Å². The van der Waals surface area contributed by atoms with Crippen LogP contribution in [0.4, 0.5) is 4.39 Å². The molecule has 34 heavy (non-hydrogen) atoms. The quantitative estimate of drug-likeness (QED) is 0.452. The number of aromatic nitrogens is 5. The minimum atomic E-state index is -3.52. The van der Waals surface area contributed by atoms with E-state index in [2.05, 4.69) is 20.3 Å². The van der Waals surface area contributed by atoms with E-state index in [0.717, 1.165) is 11.1 Å². The Kier molecular flexibility index (Phi) is 5.96. The molecule has 1 fully saturated rings. The van der Waals surface area contributed by atoms with E-state index in [1.807, 2.05) is 18.2 Å². The van der Waals surface area contributed by atoms with Crippen molar-refractivity contribution in [3.8, 4) is 0 Å². The standard InChI is InChI=1S/C23H23FN6O3S/c24-19-10-8-16(9-11-19)13-30-22-20(27-28-30)23(31)26-21(25-22)18-7-4-12-29(14-18)34(32,33)15-17-5-2-1-3-6-17/h1-3,5-6,8-11,18H,4,7,12-15H2,(H,25,26,31). The van der Waals surface area contributed by atoms with Crippen molar-refractivity contribution in [3.05, 3.63) is 87.7 Å². The van der Waals surface area contributed by atoms with E-state index in [1.54, 1.807) is 24.3 Å². The first-order valence-corrected chi connectivity index (χ1v) is 12.6. The lowest BCUT2D eigenvalue weighted by atomic mass is 9.99. The zero-order valence-electron chi connectivity index (χ0n) is 18.3. The van der Waals surface area contributed by atoms with Gasteiger partial charge in [0, 0.05) is 19.0 Å². The molecule has 0 bridgehead atoms. The van der Waals surface area contributed by atoms with Crippen LogP contribution in [0.1, 0.15) is 35.7 Å². The molecule has 3 heterocycles. The Bertz CT molecular complexity index is 1470. The minimum Gasteiger partial charge on any atom is -0.308 e. The fraction of sp³-hybridized carbons (Fsp3) is 0.304. The van der Waals surface area contributed by atoms with E-state index in [-0.39, 0.29) is 36.1 Å². The summed E-state index contributed by atoms with van der Waals surface area (Å²) in [7, 11) is -3.52. The van der Waals surface area contributed by atoms with E-state index in [0.29, 0.717) is 30.9 Å². The molecular weight excluding hydrogens is 459 g/mol. The number of rotatable bonds is 6. The molecular formula is C23H23FN6O3S. The van der Waals surface area contributed by atoms with Gasteiger partial charge >= 0.3 is 0 Å². The SMILES string of the molecule is O=c1[nH]c(C2CCCN(S(=O)(=O)Cc3ccccc3)C2)nc2c1nnn2Cc1ccc(F)cc1. The van der Waals surface area contributed by atoms with Gasteiger partial charge in [-0.1, -0.05) is 47.7 Å². The third kappa shape index (κ3) is 4.62. The molecule has 1 N–H and O–H groups in total. The lowest BCUT2D eigenvalue weighted by Gasteiger charge is -2.31. The number of aromatic amines is 1. The van der Waals surface area contributed by atoms with Gasteiger partial charge in [0.2, 0.25) is 10.0 Å². The highest BCUT2D eigenvalue weighted by atomic mass is 32.2. The first kappa shape index (κ1) is 22.4. The van der Waals surface area contributed by atoms with Crippen molar-refractivity contribution >= 4 is 21.2 Å². The van der Waals surface area contributed by atoms with Gasteiger partial charge in [0.25, 0.3) is 5.56 Å². The number of hydrogen-bond acceptors (Lipinski definition) is 6. The number of sulfonamides is 1. The maximum absolute atomic E-state index is 13.2. The molecule has 11 heteroatoms. The van der Waals surface area contributed by atoms with Gasteiger partial charge in [-0.15, -0.1) is 5.10 Å². The molecule has 176 valence electrons.